The molecule has 0 aliphatic rings. The zero-order valence-electron chi connectivity index (χ0n) is 11.2. The monoisotopic (exact) mass is 293 g/mol. The van der Waals surface area contributed by atoms with Crippen molar-refractivity contribution in [1.29, 1.82) is 0 Å². The maximum Gasteiger partial charge on any atom is 0.238 e. The molecule has 106 valence electrons. The number of nitrogens with zero attached hydrogens (tertiary/aromatic N) is 2. The Morgan fingerprint density at radius 3 is 2.40 bits per heavy atom. The minimum atomic E-state index is -3.72. The molecule has 2 rings (SSSR count). The van der Waals surface area contributed by atoms with E-state index in [0.717, 1.165) is 5.56 Å². The minimum absolute atomic E-state index is 0.110. The first-order valence-electron chi connectivity index (χ1n) is 5.91. The molecule has 0 radical (unpaired) electrons. The first kappa shape index (κ1) is 14.4. The van der Waals surface area contributed by atoms with Crippen LogP contribution in [0.25, 0.3) is 0 Å². The smallest absolute Gasteiger partial charge is 0.238 e. The van der Waals surface area contributed by atoms with Gasteiger partial charge in [-0.15, -0.1) is 0 Å². The van der Waals surface area contributed by atoms with Crippen molar-refractivity contribution in [3.8, 4) is 5.75 Å². The topological polar surface area (TPSA) is 95.2 Å². The Bertz CT molecular complexity index is 715. The van der Waals surface area contributed by atoms with Crippen LogP contribution in [0.4, 0.5) is 0 Å². The summed E-state index contributed by atoms with van der Waals surface area (Å²) in [5.41, 5.74) is 1.31. The van der Waals surface area contributed by atoms with Crippen molar-refractivity contribution in [2.24, 2.45) is 5.14 Å². The number of sulfonamides is 1. The summed E-state index contributed by atoms with van der Waals surface area (Å²) in [5.74, 6) is 1.14. The molecular formula is C13H15N3O3S. The molecular weight excluding hydrogens is 278 g/mol. The van der Waals surface area contributed by atoms with Gasteiger partial charge in [0.2, 0.25) is 10.0 Å². The highest BCUT2D eigenvalue weighted by atomic mass is 32.2. The molecule has 0 bridgehead atoms. The fraction of sp³-hybridized carbons (Fsp3) is 0.231. The second-order valence-corrected chi connectivity index (χ2v) is 5.84. The largest absolute Gasteiger partial charge is 0.485 e. The average Bonchev–Trinajstić information content (AvgIpc) is 2.40. The predicted octanol–water partition coefficient (Wildman–Crippen LogP) is 1.32. The van der Waals surface area contributed by atoms with Gasteiger partial charge >= 0.3 is 0 Å². The molecule has 0 saturated carbocycles. The van der Waals surface area contributed by atoms with Crippen LogP contribution >= 0.6 is 0 Å². The van der Waals surface area contributed by atoms with Crippen LogP contribution in [0.2, 0.25) is 0 Å². The molecule has 1 heterocycles. The van der Waals surface area contributed by atoms with Gasteiger partial charge in [0.05, 0.1) is 4.90 Å². The third-order valence-corrected chi connectivity index (χ3v) is 4.03. The lowest BCUT2D eigenvalue weighted by atomic mass is 10.1. The Kier molecular flexibility index (Phi) is 4.01. The first-order valence-corrected chi connectivity index (χ1v) is 7.46. The highest BCUT2D eigenvalue weighted by Gasteiger charge is 2.15. The van der Waals surface area contributed by atoms with Crippen molar-refractivity contribution in [3.05, 3.63) is 47.5 Å². The van der Waals surface area contributed by atoms with Crippen LogP contribution in [0.5, 0.6) is 5.75 Å². The van der Waals surface area contributed by atoms with Gasteiger partial charge in [-0.1, -0.05) is 0 Å². The number of hydrogen-bond acceptors (Lipinski definition) is 5. The van der Waals surface area contributed by atoms with Crippen LogP contribution in [0, 0.1) is 13.8 Å². The van der Waals surface area contributed by atoms with Gasteiger partial charge in [-0.25, -0.2) is 23.5 Å². The number of hydrogen-bond donors (Lipinski definition) is 1. The summed E-state index contributed by atoms with van der Waals surface area (Å²) in [5, 5.41) is 5.15. The lowest BCUT2D eigenvalue weighted by molar-refractivity contribution is 0.293. The van der Waals surface area contributed by atoms with Crippen molar-refractivity contribution in [3.63, 3.8) is 0 Å². The van der Waals surface area contributed by atoms with E-state index in [-0.39, 0.29) is 11.5 Å². The number of rotatable bonds is 4. The van der Waals surface area contributed by atoms with E-state index in [2.05, 4.69) is 9.97 Å². The summed E-state index contributed by atoms with van der Waals surface area (Å²) in [4.78, 5) is 8.21. The molecule has 0 spiro atoms. The molecule has 1 aromatic heterocycles. The van der Waals surface area contributed by atoms with E-state index in [0.29, 0.717) is 17.1 Å². The SMILES string of the molecule is Cc1c(OCc2ncccn2)ccc(S(N)(=O)=O)c1C. The first-order chi connectivity index (χ1) is 9.39. The fourth-order valence-electron chi connectivity index (χ4n) is 1.78. The van der Waals surface area contributed by atoms with Gasteiger partial charge in [0, 0.05) is 12.4 Å². The standard InChI is InChI=1S/C13H15N3O3S/c1-9-10(2)12(20(14,17)18)5-4-11(9)19-8-13-15-6-3-7-16-13/h3-7H,8H2,1-2H3,(H2,14,17,18). The summed E-state index contributed by atoms with van der Waals surface area (Å²) in [7, 11) is -3.72. The van der Waals surface area contributed by atoms with Gasteiger partial charge in [-0.2, -0.15) is 0 Å². The summed E-state index contributed by atoms with van der Waals surface area (Å²) in [6, 6.07) is 4.75. The van der Waals surface area contributed by atoms with Gasteiger partial charge < -0.3 is 4.74 Å². The molecule has 0 unspecified atom stereocenters. The van der Waals surface area contributed by atoms with Gasteiger partial charge in [0.15, 0.2) is 5.82 Å². The van der Waals surface area contributed by atoms with Crippen molar-refractivity contribution >= 4 is 10.0 Å². The molecule has 2 aromatic rings. The number of primary sulfonamides is 1. The van der Waals surface area contributed by atoms with E-state index in [4.69, 9.17) is 9.88 Å². The molecule has 0 aliphatic heterocycles. The summed E-state index contributed by atoms with van der Waals surface area (Å²) in [6.07, 6.45) is 3.27. The van der Waals surface area contributed by atoms with Gasteiger partial charge in [0.1, 0.15) is 12.4 Å². The minimum Gasteiger partial charge on any atom is -0.485 e. The van der Waals surface area contributed by atoms with Crippen LogP contribution in [0.3, 0.4) is 0 Å². The maximum atomic E-state index is 11.4. The molecule has 0 amide bonds. The van der Waals surface area contributed by atoms with Gasteiger partial charge in [-0.3, -0.25) is 0 Å². The predicted molar refractivity (Wildman–Crippen MR) is 73.7 cm³/mol. The Morgan fingerprint density at radius 2 is 1.80 bits per heavy atom. The lowest BCUT2D eigenvalue weighted by Crippen LogP contribution is -2.14. The molecule has 20 heavy (non-hydrogen) atoms. The normalized spacial score (nSPS) is 11.3. The summed E-state index contributed by atoms with van der Waals surface area (Å²) < 4.78 is 28.4. The maximum absolute atomic E-state index is 11.4. The van der Waals surface area contributed by atoms with Crippen LogP contribution < -0.4 is 9.88 Å². The number of aromatic nitrogens is 2. The third-order valence-electron chi connectivity index (χ3n) is 2.97. The highest BCUT2D eigenvalue weighted by molar-refractivity contribution is 7.89. The van der Waals surface area contributed by atoms with Crippen molar-refractivity contribution in [2.45, 2.75) is 25.3 Å². The van der Waals surface area contributed by atoms with E-state index in [1.165, 1.54) is 6.07 Å². The fourth-order valence-corrected chi connectivity index (χ4v) is 2.62. The molecule has 0 atom stereocenters. The molecule has 0 fully saturated rings. The van der Waals surface area contributed by atoms with Crippen LogP contribution in [0.15, 0.2) is 35.5 Å². The van der Waals surface area contributed by atoms with Crippen LogP contribution in [0.1, 0.15) is 17.0 Å². The van der Waals surface area contributed by atoms with E-state index in [1.54, 1.807) is 38.4 Å². The van der Waals surface area contributed by atoms with Gasteiger partial charge in [-0.05, 0) is 43.2 Å². The molecule has 0 saturated heterocycles. The summed E-state index contributed by atoms with van der Waals surface area (Å²) >= 11 is 0. The zero-order valence-corrected chi connectivity index (χ0v) is 12.0. The number of benzene rings is 1. The second kappa shape index (κ2) is 5.56. The Labute approximate surface area is 117 Å². The van der Waals surface area contributed by atoms with Crippen LogP contribution in [-0.4, -0.2) is 18.4 Å². The Morgan fingerprint density at radius 1 is 1.15 bits per heavy atom. The third kappa shape index (κ3) is 3.12. The highest BCUT2D eigenvalue weighted by Crippen LogP contribution is 2.26. The van der Waals surface area contributed by atoms with Gasteiger partial charge in [0.25, 0.3) is 0 Å². The molecule has 6 nitrogen and oxygen atoms in total. The summed E-state index contributed by atoms with van der Waals surface area (Å²) in [6.45, 7) is 3.70. The second-order valence-electron chi connectivity index (χ2n) is 4.31. The number of nitrogens with two attached hydrogens (primary N) is 1. The average molecular weight is 293 g/mol. The molecule has 2 N–H and O–H groups in total. The van der Waals surface area contributed by atoms with Crippen molar-refractivity contribution in [2.75, 3.05) is 0 Å². The van der Waals surface area contributed by atoms with Crippen molar-refractivity contribution in [1.82, 2.24) is 9.97 Å². The Balaban J connectivity index is 2.25. The molecule has 0 aliphatic carbocycles. The van der Waals surface area contributed by atoms with E-state index in [1.807, 2.05) is 0 Å². The lowest BCUT2D eigenvalue weighted by Gasteiger charge is -2.13. The van der Waals surface area contributed by atoms with E-state index in [9.17, 15) is 8.42 Å². The van der Waals surface area contributed by atoms with E-state index < -0.39 is 10.0 Å². The van der Waals surface area contributed by atoms with Crippen molar-refractivity contribution < 1.29 is 13.2 Å². The zero-order chi connectivity index (χ0) is 14.8. The number of ether oxygens (including phenoxy) is 1. The van der Waals surface area contributed by atoms with E-state index >= 15 is 0 Å². The molecule has 7 heteroatoms. The Hall–Kier alpha value is -1.99. The molecule has 1 aromatic carbocycles. The quantitative estimate of drug-likeness (QED) is 0.917. The van der Waals surface area contributed by atoms with Crippen LogP contribution in [-0.2, 0) is 16.6 Å².